The predicted molar refractivity (Wildman–Crippen MR) is 104 cm³/mol. The van der Waals surface area contributed by atoms with Crippen LogP contribution in [0.25, 0.3) is 22.3 Å². The summed E-state index contributed by atoms with van der Waals surface area (Å²) in [7, 11) is 0. The third kappa shape index (κ3) is 2.57. The summed E-state index contributed by atoms with van der Waals surface area (Å²) >= 11 is 0. The largest absolute Gasteiger partial charge is 0.398 e. The summed E-state index contributed by atoms with van der Waals surface area (Å²) in [6, 6.07) is 14.2. The molecule has 1 atom stereocenters. The molecule has 1 unspecified atom stereocenters. The Morgan fingerprint density at radius 2 is 2.04 bits per heavy atom. The lowest BCUT2D eigenvalue weighted by Gasteiger charge is -2.15. The summed E-state index contributed by atoms with van der Waals surface area (Å²) in [5.41, 5.74) is 13.1. The molecule has 0 radical (unpaired) electrons. The summed E-state index contributed by atoms with van der Waals surface area (Å²) in [6.45, 7) is 0.00180. The summed E-state index contributed by atoms with van der Waals surface area (Å²) < 4.78 is 2.06. The molecule has 0 aliphatic heterocycles. The average Bonchev–Trinajstić information content (AvgIpc) is 3.30. The zero-order valence-electron chi connectivity index (χ0n) is 14.7. The summed E-state index contributed by atoms with van der Waals surface area (Å²) in [5.74, 6) is 0. The van der Waals surface area contributed by atoms with Gasteiger partial charge in [-0.2, -0.15) is 5.10 Å². The average molecular weight is 357 g/mol. The molecule has 0 spiro atoms. The van der Waals surface area contributed by atoms with E-state index in [2.05, 4.69) is 20.7 Å². The molecule has 0 saturated heterocycles. The van der Waals surface area contributed by atoms with Crippen molar-refractivity contribution in [2.24, 2.45) is 0 Å². The Balaban J connectivity index is 1.68. The third-order valence-corrected chi connectivity index (χ3v) is 5.31. The van der Waals surface area contributed by atoms with E-state index in [1.807, 2.05) is 42.6 Å². The van der Waals surface area contributed by atoms with Crippen molar-refractivity contribution in [1.82, 2.24) is 19.7 Å². The van der Waals surface area contributed by atoms with Gasteiger partial charge in [0.25, 0.3) is 0 Å². The maximum atomic E-state index is 9.54. The molecule has 2 aromatic carbocycles. The van der Waals surface area contributed by atoms with Gasteiger partial charge in [-0.25, -0.2) is 9.97 Å². The fourth-order valence-corrected chi connectivity index (χ4v) is 4.04. The molecule has 6 nitrogen and oxygen atoms in total. The minimum atomic E-state index is 0.00180. The first-order valence-corrected chi connectivity index (χ1v) is 8.99. The highest BCUT2D eigenvalue weighted by Crippen LogP contribution is 2.38. The lowest BCUT2D eigenvalue weighted by Crippen LogP contribution is -2.12. The molecule has 0 amide bonds. The molecule has 1 aliphatic rings. The quantitative estimate of drug-likeness (QED) is 0.550. The van der Waals surface area contributed by atoms with Crippen LogP contribution in [0.4, 0.5) is 5.69 Å². The number of nitrogens with zero attached hydrogens (tertiary/aromatic N) is 4. The van der Waals surface area contributed by atoms with Crippen LogP contribution in [0, 0.1) is 0 Å². The zero-order valence-corrected chi connectivity index (χ0v) is 14.7. The van der Waals surface area contributed by atoms with Gasteiger partial charge >= 0.3 is 0 Å². The molecule has 4 aromatic rings. The van der Waals surface area contributed by atoms with Gasteiger partial charge in [0, 0.05) is 17.4 Å². The molecule has 134 valence electrons. The van der Waals surface area contributed by atoms with Crippen LogP contribution in [0.1, 0.15) is 22.7 Å². The number of hydrogen-bond acceptors (Lipinski definition) is 5. The van der Waals surface area contributed by atoms with Crippen molar-refractivity contribution in [2.75, 3.05) is 5.73 Å². The first-order valence-electron chi connectivity index (χ1n) is 8.99. The van der Waals surface area contributed by atoms with E-state index in [9.17, 15) is 5.11 Å². The van der Waals surface area contributed by atoms with E-state index >= 15 is 0 Å². The monoisotopic (exact) mass is 357 g/mol. The Hall–Kier alpha value is -3.25. The molecule has 0 saturated carbocycles. The van der Waals surface area contributed by atoms with Gasteiger partial charge in [0.2, 0.25) is 0 Å². The van der Waals surface area contributed by atoms with E-state index in [1.54, 1.807) is 0 Å². The van der Waals surface area contributed by atoms with Crippen LogP contribution in [-0.4, -0.2) is 24.9 Å². The van der Waals surface area contributed by atoms with E-state index < -0.39 is 0 Å². The van der Waals surface area contributed by atoms with E-state index in [1.165, 1.54) is 17.5 Å². The van der Waals surface area contributed by atoms with Gasteiger partial charge < -0.3 is 10.8 Å². The highest BCUT2D eigenvalue weighted by molar-refractivity contribution is 5.90. The van der Waals surface area contributed by atoms with Gasteiger partial charge in [-0.1, -0.05) is 30.3 Å². The molecule has 2 aromatic heterocycles. The van der Waals surface area contributed by atoms with Crippen molar-refractivity contribution in [3.8, 4) is 11.3 Å². The maximum absolute atomic E-state index is 9.54. The van der Waals surface area contributed by atoms with Crippen LogP contribution in [-0.2, 0) is 19.4 Å². The van der Waals surface area contributed by atoms with Crippen molar-refractivity contribution < 1.29 is 5.11 Å². The van der Waals surface area contributed by atoms with Crippen LogP contribution in [0.2, 0.25) is 0 Å². The van der Waals surface area contributed by atoms with Gasteiger partial charge in [-0.05, 0) is 41.7 Å². The number of aliphatic hydroxyl groups is 1. The molecule has 6 heteroatoms. The normalized spacial score (nSPS) is 16.0. The SMILES string of the molecule is Nc1cccc2c1CC(n1nc3ncncc3c1-c1cccc(CO)c1)C2. The Kier molecular flexibility index (Phi) is 3.65. The first kappa shape index (κ1) is 16.0. The minimum Gasteiger partial charge on any atom is -0.398 e. The van der Waals surface area contributed by atoms with Crippen LogP contribution in [0.15, 0.2) is 55.0 Å². The number of hydrogen-bond donors (Lipinski definition) is 2. The topological polar surface area (TPSA) is 89.9 Å². The van der Waals surface area contributed by atoms with Crippen molar-refractivity contribution >= 4 is 16.7 Å². The fourth-order valence-electron chi connectivity index (χ4n) is 4.04. The molecule has 5 rings (SSSR count). The minimum absolute atomic E-state index is 0.00180. The van der Waals surface area contributed by atoms with E-state index in [-0.39, 0.29) is 12.6 Å². The van der Waals surface area contributed by atoms with Gasteiger partial charge in [-0.3, -0.25) is 4.68 Å². The Labute approximate surface area is 156 Å². The van der Waals surface area contributed by atoms with Crippen molar-refractivity contribution in [1.29, 1.82) is 0 Å². The summed E-state index contributed by atoms with van der Waals surface area (Å²) in [5, 5.41) is 15.3. The Morgan fingerprint density at radius 3 is 2.89 bits per heavy atom. The number of anilines is 1. The highest BCUT2D eigenvalue weighted by Gasteiger charge is 2.28. The number of benzene rings is 2. The fraction of sp³-hybridized carbons (Fsp3) is 0.190. The second-order valence-corrected chi connectivity index (χ2v) is 6.96. The number of rotatable bonds is 3. The Morgan fingerprint density at radius 1 is 1.15 bits per heavy atom. The lowest BCUT2D eigenvalue weighted by molar-refractivity contribution is 0.282. The second-order valence-electron chi connectivity index (χ2n) is 6.96. The molecule has 2 heterocycles. The maximum Gasteiger partial charge on any atom is 0.184 e. The van der Waals surface area contributed by atoms with Crippen LogP contribution < -0.4 is 5.73 Å². The molecule has 0 fully saturated rings. The molecule has 1 aliphatic carbocycles. The van der Waals surface area contributed by atoms with Gasteiger partial charge in [-0.15, -0.1) is 0 Å². The lowest BCUT2D eigenvalue weighted by atomic mass is 10.1. The first-order chi connectivity index (χ1) is 13.2. The number of aliphatic hydroxyl groups excluding tert-OH is 1. The molecule has 3 N–H and O–H groups in total. The van der Waals surface area contributed by atoms with Crippen molar-refractivity contribution in [2.45, 2.75) is 25.5 Å². The summed E-state index contributed by atoms with van der Waals surface area (Å²) in [4.78, 5) is 8.55. The predicted octanol–water partition coefficient (Wildman–Crippen LogP) is 2.91. The smallest absolute Gasteiger partial charge is 0.184 e. The van der Waals surface area contributed by atoms with E-state index in [4.69, 9.17) is 10.8 Å². The number of nitrogen functional groups attached to an aromatic ring is 1. The number of nitrogens with two attached hydrogens (primary N) is 1. The van der Waals surface area contributed by atoms with E-state index in [0.717, 1.165) is 40.7 Å². The zero-order chi connectivity index (χ0) is 18.4. The molecular formula is C21H19N5O. The summed E-state index contributed by atoms with van der Waals surface area (Å²) in [6.07, 6.45) is 5.06. The standard InChI is InChI=1S/C21H19N5O/c22-19-6-2-4-14-8-16(9-17(14)19)26-20(15-5-1-3-13(7-15)11-27)18-10-23-12-24-21(18)25-26/h1-7,10,12,16,27H,8-9,11,22H2. The van der Waals surface area contributed by atoms with E-state index in [0.29, 0.717) is 5.65 Å². The van der Waals surface area contributed by atoms with Crippen LogP contribution >= 0.6 is 0 Å². The van der Waals surface area contributed by atoms with Gasteiger partial charge in [0.1, 0.15) is 6.33 Å². The van der Waals surface area contributed by atoms with Crippen molar-refractivity contribution in [3.63, 3.8) is 0 Å². The molecule has 0 bridgehead atoms. The van der Waals surface area contributed by atoms with Crippen LogP contribution in [0.5, 0.6) is 0 Å². The number of aromatic nitrogens is 4. The highest BCUT2D eigenvalue weighted by atomic mass is 16.3. The Bertz CT molecular complexity index is 1150. The van der Waals surface area contributed by atoms with Crippen molar-refractivity contribution in [3.05, 3.63) is 71.7 Å². The third-order valence-electron chi connectivity index (χ3n) is 5.31. The number of fused-ring (bicyclic) bond motifs is 2. The van der Waals surface area contributed by atoms with Crippen LogP contribution in [0.3, 0.4) is 0 Å². The molecular weight excluding hydrogens is 338 g/mol. The molecule has 27 heavy (non-hydrogen) atoms. The van der Waals surface area contributed by atoms with Gasteiger partial charge in [0.05, 0.1) is 23.7 Å². The second kappa shape index (κ2) is 6.17. The van der Waals surface area contributed by atoms with Gasteiger partial charge in [0.15, 0.2) is 5.65 Å².